The molecule has 2 aromatic carbocycles. The van der Waals surface area contributed by atoms with Crippen LogP contribution >= 0.6 is 15.9 Å². The molecule has 1 fully saturated rings. The summed E-state index contributed by atoms with van der Waals surface area (Å²) in [6.45, 7) is 12.7. The van der Waals surface area contributed by atoms with E-state index in [0.717, 1.165) is 77.3 Å². The molecule has 0 unspecified atom stereocenters. The van der Waals surface area contributed by atoms with Crippen molar-refractivity contribution in [3.63, 3.8) is 0 Å². The summed E-state index contributed by atoms with van der Waals surface area (Å²) in [6.07, 6.45) is 12.2. The number of ether oxygens (including phenoxy) is 1. The van der Waals surface area contributed by atoms with E-state index in [0.29, 0.717) is 17.7 Å². The van der Waals surface area contributed by atoms with Crippen LogP contribution in [0.5, 0.6) is 5.75 Å². The molecule has 0 bridgehead atoms. The van der Waals surface area contributed by atoms with Gasteiger partial charge in [0.1, 0.15) is 5.75 Å². The van der Waals surface area contributed by atoms with Crippen LogP contribution in [0.3, 0.4) is 0 Å². The van der Waals surface area contributed by atoms with Gasteiger partial charge in [0.05, 0.1) is 13.5 Å². The molecule has 3 rings (SSSR count). The van der Waals surface area contributed by atoms with E-state index in [1.165, 1.54) is 25.7 Å². The van der Waals surface area contributed by atoms with Gasteiger partial charge in [-0.25, -0.2) is 0 Å². The first-order valence-corrected chi connectivity index (χ1v) is 17.3. The van der Waals surface area contributed by atoms with Crippen LogP contribution in [0.15, 0.2) is 46.6 Å². The maximum Gasteiger partial charge on any atom is 0.230 e. The molecule has 0 spiro atoms. The highest BCUT2D eigenvalue weighted by Gasteiger charge is 2.26. The van der Waals surface area contributed by atoms with Crippen LogP contribution in [0.25, 0.3) is 0 Å². The number of ketones is 1. The number of amides is 2. The number of nitrogens with one attached hydrogen (secondary N) is 3. The molecule has 1 aliphatic rings. The summed E-state index contributed by atoms with van der Waals surface area (Å²) in [4.78, 5) is 36.5. The average Bonchev–Trinajstić information content (AvgIpc) is 3.02. The lowest BCUT2D eigenvalue weighted by Crippen LogP contribution is -2.27. The summed E-state index contributed by atoms with van der Waals surface area (Å²) in [5.41, 5.74) is 5.08. The molecule has 0 atom stereocenters. The van der Waals surface area contributed by atoms with Gasteiger partial charge in [0.2, 0.25) is 11.8 Å². The molecule has 0 radical (unpaired) electrons. The molecular formula is C37H54BrN3O4. The molecule has 0 aromatic heterocycles. The number of aryl methyl sites for hydroxylation is 1. The highest BCUT2D eigenvalue weighted by Crippen LogP contribution is 2.33. The molecule has 0 heterocycles. The summed E-state index contributed by atoms with van der Waals surface area (Å²) in [7, 11) is 1.66. The van der Waals surface area contributed by atoms with Gasteiger partial charge in [0, 0.05) is 45.6 Å². The first-order valence-electron chi connectivity index (χ1n) is 16.5. The molecule has 3 N–H and O–H groups in total. The van der Waals surface area contributed by atoms with E-state index in [9.17, 15) is 14.4 Å². The van der Waals surface area contributed by atoms with Crippen molar-refractivity contribution in [3.8, 4) is 5.75 Å². The maximum atomic E-state index is 12.4. The van der Waals surface area contributed by atoms with E-state index in [1.807, 2.05) is 51.1 Å². The molecular weight excluding hydrogens is 630 g/mol. The standard InChI is InChI=1S/C19H27BrN2O2.C18H27NO2/c1-5-8-9-21-14(6-2)12-19(24)22-15-10-17(13(4)23)16(7-3)18(20)11-15;1-4-5-14-7-9-15(10-8-14)18(20)19-16-11-6-13(2)17(12-16)21-3/h6,10-11,21H,5,7-9,12H2,1-4H3,(H,22,24);6,11-12,14-15H,4-5,7-10H2,1-3H3,(H,19,20)/b14-6-;. The molecule has 1 aliphatic carbocycles. The van der Waals surface area contributed by atoms with Crippen molar-refractivity contribution < 1.29 is 19.1 Å². The minimum atomic E-state index is -0.0993. The largest absolute Gasteiger partial charge is 0.496 e. The highest BCUT2D eigenvalue weighted by molar-refractivity contribution is 9.10. The number of rotatable bonds is 14. The smallest absolute Gasteiger partial charge is 0.230 e. The summed E-state index contributed by atoms with van der Waals surface area (Å²) < 4.78 is 6.15. The second kappa shape index (κ2) is 20.1. The Morgan fingerprint density at radius 3 is 2.27 bits per heavy atom. The normalized spacial score (nSPS) is 16.2. The maximum absolute atomic E-state index is 12.4. The van der Waals surface area contributed by atoms with Crippen molar-refractivity contribution in [2.24, 2.45) is 11.8 Å². The lowest BCUT2D eigenvalue weighted by molar-refractivity contribution is -0.121. The zero-order valence-corrected chi connectivity index (χ0v) is 30.0. The number of unbranched alkanes of at least 4 members (excludes halogenated alkanes) is 1. The molecule has 2 amide bonds. The SMILES string of the molecule is C/C=C(/CC(=O)Nc1cc(Br)c(CC)c(C(C)=O)c1)NCCCC.CCCC1CCC(C(=O)Nc2ccc(C)c(OC)c2)CC1. The third kappa shape index (κ3) is 12.6. The highest BCUT2D eigenvalue weighted by atomic mass is 79.9. The van der Waals surface area contributed by atoms with Gasteiger partial charge in [-0.1, -0.05) is 68.1 Å². The van der Waals surface area contributed by atoms with E-state index >= 15 is 0 Å². The van der Waals surface area contributed by atoms with Crippen molar-refractivity contribution in [2.75, 3.05) is 24.3 Å². The number of benzene rings is 2. The Hall–Kier alpha value is -3.13. The van der Waals surface area contributed by atoms with Gasteiger partial charge >= 0.3 is 0 Å². The Morgan fingerprint density at radius 2 is 1.69 bits per heavy atom. The van der Waals surface area contributed by atoms with Crippen molar-refractivity contribution in [1.29, 1.82) is 0 Å². The van der Waals surface area contributed by atoms with Crippen LogP contribution < -0.4 is 20.7 Å². The Morgan fingerprint density at radius 1 is 0.978 bits per heavy atom. The predicted molar refractivity (Wildman–Crippen MR) is 190 cm³/mol. The number of Topliss-reactive ketones (excluding diaryl/α,β-unsaturated/α-hetero) is 1. The van der Waals surface area contributed by atoms with Crippen LogP contribution in [-0.4, -0.2) is 31.3 Å². The van der Waals surface area contributed by atoms with E-state index in [1.54, 1.807) is 20.1 Å². The van der Waals surface area contributed by atoms with Crippen LogP contribution in [0, 0.1) is 18.8 Å². The second-order valence-electron chi connectivity index (χ2n) is 11.9. The van der Waals surface area contributed by atoms with Gasteiger partial charge in [-0.15, -0.1) is 0 Å². The van der Waals surface area contributed by atoms with Gasteiger partial charge < -0.3 is 20.7 Å². The molecule has 248 valence electrons. The first-order chi connectivity index (χ1) is 21.6. The first kappa shape index (κ1) is 38.1. The number of hydrogen-bond donors (Lipinski definition) is 3. The minimum absolute atomic E-state index is 0.000903. The summed E-state index contributed by atoms with van der Waals surface area (Å²) in [6, 6.07) is 9.42. The Balaban J connectivity index is 0.000000316. The third-order valence-electron chi connectivity index (χ3n) is 8.38. The number of anilines is 2. The molecule has 0 aliphatic heterocycles. The molecule has 2 aromatic rings. The van der Waals surface area contributed by atoms with E-state index < -0.39 is 0 Å². The second-order valence-corrected chi connectivity index (χ2v) is 12.7. The van der Waals surface area contributed by atoms with E-state index in [4.69, 9.17) is 4.74 Å². The Bertz CT molecular complexity index is 1300. The minimum Gasteiger partial charge on any atom is -0.496 e. The number of methoxy groups -OCH3 is 1. The van der Waals surface area contributed by atoms with Crippen LogP contribution in [0.1, 0.15) is 114 Å². The number of carbonyl (C=O) groups excluding carboxylic acids is 3. The number of hydrogen-bond acceptors (Lipinski definition) is 5. The van der Waals surface area contributed by atoms with Crippen LogP contribution in [0.2, 0.25) is 0 Å². The zero-order valence-electron chi connectivity index (χ0n) is 28.4. The summed E-state index contributed by atoms with van der Waals surface area (Å²) >= 11 is 3.50. The molecule has 8 heteroatoms. The van der Waals surface area contributed by atoms with Crippen LogP contribution in [0.4, 0.5) is 11.4 Å². The van der Waals surface area contributed by atoms with Crippen LogP contribution in [-0.2, 0) is 16.0 Å². The monoisotopic (exact) mass is 683 g/mol. The fourth-order valence-electron chi connectivity index (χ4n) is 5.72. The number of carbonyl (C=O) groups is 3. The van der Waals surface area contributed by atoms with Crippen molar-refractivity contribution >= 4 is 44.9 Å². The average molecular weight is 685 g/mol. The van der Waals surface area contributed by atoms with Crippen molar-refractivity contribution in [1.82, 2.24) is 5.32 Å². The number of allylic oxidation sites excluding steroid dienone is 1. The lowest BCUT2D eigenvalue weighted by Gasteiger charge is -2.27. The molecule has 0 saturated heterocycles. The Kier molecular flexibility index (Phi) is 17.0. The topological polar surface area (TPSA) is 96.5 Å². The summed E-state index contributed by atoms with van der Waals surface area (Å²) in [5.74, 6) is 1.89. The van der Waals surface area contributed by atoms with Gasteiger partial charge in [0.15, 0.2) is 5.78 Å². The lowest BCUT2D eigenvalue weighted by atomic mass is 9.80. The van der Waals surface area contributed by atoms with Crippen molar-refractivity contribution in [2.45, 2.75) is 106 Å². The molecule has 1 saturated carbocycles. The molecule has 45 heavy (non-hydrogen) atoms. The van der Waals surface area contributed by atoms with E-state index in [2.05, 4.69) is 45.7 Å². The van der Waals surface area contributed by atoms with Gasteiger partial charge in [-0.2, -0.15) is 0 Å². The summed E-state index contributed by atoms with van der Waals surface area (Å²) in [5, 5.41) is 9.21. The fraction of sp³-hybridized carbons (Fsp3) is 0.541. The van der Waals surface area contributed by atoms with Crippen molar-refractivity contribution in [3.05, 3.63) is 63.3 Å². The third-order valence-corrected chi connectivity index (χ3v) is 9.09. The van der Waals surface area contributed by atoms with Gasteiger partial charge in [-0.05, 0) is 94.5 Å². The fourth-order valence-corrected chi connectivity index (χ4v) is 6.46. The predicted octanol–water partition coefficient (Wildman–Crippen LogP) is 9.38. The van der Waals surface area contributed by atoms with E-state index in [-0.39, 0.29) is 23.5 Å². The van der Waals surface area contributed by atoms with Gasteiger partial charge in [-0.3, -0.25) is 14.4 Å². The quantitative estimate of drug-likeness (QED) is 0.136. The molecule has 7 nitrogen and oxygen atoms in total. The number of halogens is 1. The van der Waals surface area contributed by atoms with Gasteiger partial charge in [0.25, 0.3) is 0 Å². The Labute approximate surface area is 279 Å². The zero-order chi connectivity index (χ0) is 33.4.